The zero-order valence-corrected chi connectivity index (χ0v) is 13.5. The van der Waals surface area contributed by atoms with E-state index >= 15 is 0 Å². The molecule has 0 aliphatic heterocycles. The van der Waals surface area contributed by atoms with Crippen LogP contribution in [-0.2, 0) is 0 Å². The number of phenols is 1. The summed E-state index contributed by atoms with van der Waals surface area (Å²) in [6, 6.07) is 11.8. The number of carbonyl (C=O) groups is 1. The molecule has 3 aromatic rings. The average Bonchev–Trinajstić information content (AvgIpc) is 3.09. The Morgan fingerprint density at radius 2 is 2.00 bits per heavy atom. The van der Waals surface area contributed by atoms with E-state index in [0.717, 1.165) is 11.8 Å². The van der Waals surface area contributed by atoms with Crippen LogP contribution in [0.4, 0.5) is 5.69 Å². The van der Waals surface area contributed by atoms with Gasteiger partial charge in [-0.05, 0) is 34.7 Å². The minimum Gasteiger partial charge on any atom is -0.508 e. The van der Waals surface area contributed by atoms with Crippen molar-refractivity contribution in [1.82, 2.24) is 20.2 Å². The van der Waals surface area contributed by atoms with E-state index < -0.39 is 4.92 Å². The molecule has 126 valence electrons. The normalized spacial score (nSPS) is 10.6. The van der Waals surface area contributed by atoms with E-state index in [4.69, 9.17) is 0 Å². The van der Waals surface area contributed by atoms with Crippen molar-refractivity contribution >= 4 is 23.2 Å². The number of phenolic OH excluding ortho intramolecular Hbond substituents is 1. The van der Waals surface area contributed by atoms with Gasteiger partial charge in [0.2, 0.25) is 5.16 Å². The largest absolute Gasteiger partial charge is 0.508 e. The fourth-order valence-corrected chi connectivity index (χ4v) is 2.82. The molecule has 0 fully saturated rings. The second kappa shape index (κ2) is 7.09. The first-order chi connectivity index (χ1) is 12.0. The van der Waals surface area contributed by atoms with Crippen molar-refractivity contribution in [2.45, 2.75) is 5.16 Å². The Hall–Kier alpha value is -3.27. The van der Waals surface area contributed by atoms with E-state index in [0.29, 0.717) is 10.8 Å². The van der Waals surface area contributed by atoms with E-state index in [1.54, 1.807) is 12.1 Å². The number of tetrazole rings is 1. The van der Waals surface area contributed by atoms with E-state index in [9.17, 15) is 20.0 Å². The molecule has 1 N–H and O–H groups in total. The van der Waals surface area contributed by atoms with Gasteiger partial charge in [0.25, 0.3) is 5.69 Å². The van der Waals surface area contributed by atoms with Crippen molar-refractivity contribution in [3.8, 4) is 11.4 Å². The van der Waals surface area contributed by atoms with Crippen molar-refractivity contribution < 1.29 is 14.8 Å². The first kappa shape index (κ1) is 16.6. The lowest BCUT2D eigenvalue weighted by atomic mass is 10.1. The van der Waals surface area contributed by atoms with Crippen LogP contribution in [0, 0.1) is 10.1 Å². The number of benzene rings is 2. The number of aromatic nitrogens is 4. The SMILES string of the molecule is O=C(CSc1nnnn1-c1ccc(O)cc1)c1cccc([N+](=O)[O-])c1. The number of carbonyl (C=O) groups excluding carboxylic acids is 1. The topological polar surface area (TPSA) is 124 Å². The highest BCUT2D eigenvalue weighted by Crippen LogP contribution is 2.22. The molecule has 25 heavy (non-hydrogen) atoms. The van der Waals surface area contributed by atoms with E-state index in [1.807, 2.05) is 0 Å². The number of thioether (sulfide) groups is 1. The van der Waals surface area contributed by atoms with Gasteiger partial charge in [0.1, 0.15) is 5.75 Å². The number of nitro benzene ring substituents is 1. The van der Waals surface area contributed by atoms with E-state index in [2.05, 4.69) is 15.5 Å². The minimum atomic E-state index is -0.546. The molecule has 0 spiro atoms. The smallest absolute Gasteiger partial charge is 0.270 e. The molecule has 0 radical (unpaired) electrons. The summed E-state index contributed by atoms with van der Waals surface area (Å²) in [5, 5.41) is 31.8. The van der Waals surface area contributed by atoms with E-state index in [-0.39, 0.29) is 28.5 Å². The van der Waals surface area contributed by atoms with Gasteiger partial charge in [-0.3, -0.25) is 14.9 Å². The zero-order chi connectivity index (χ0) is 17.8. The van der Waals surface area contributed by atoms with Crippen LogP contribution < -0.4 is 0 Å². The summed E-state index contributed by atoms with van der Waals surface area (Å²) >= 11 is 1.11. The molecule has 0 saturated carbocycles. The average molecular weight is 357 g/mol. The fourth-order valence-electron chi connectivity index (χ4n) is 2.03. The van der Waals surface area contributed by atoms with Crippen LogP contribution in [0.2, 0.25) is 0 Å². The molecular formula is C15H11N5O4S. The van der Waals surface area contributed by atoms with Crippen LogP contribution >= 0.6 is 11.8 Å². The maximum atomic E-state index is 12.3. The Morgan fingerprint density at radius 3 is 2.72 bits per heavy atom. The van der Waals surface area contributed by atoms with Crippen LogP contribution in [0.3, 0.4) is 0 Å². The molecule has 3 rings (SSSR count). The Morgan fingerprint density at radius 1 is 1.24 bits per heavy atom. The molecule has 0 aliphatic carbocycles. The third-order valence-corrected chi connectivity index (χ3v) is 4.17. The molecule has 0 bridgehead atoms. The highest BCUT2D eigenvalue weighted by Gasteiger charge is 2.15. The first-order valence-corrected chi connectivity index (χ1v) is 8.01. The fraction of sp³-hybridized carbons (Fsp3) is 0.0667. The highest BCUT2D eigenvalue weighted by atomic mass is 32.2. The Balaban J connectivity index is 1.73. The van der Waals surface area contributed by atoms with Gasteiger partial charge in [-0.2, -0.15) is 4.68 Å². The zero-order valence-electron chi connectivity index (χ0n) is 12.6. The van der Waals surface area contributed by atoms with Gasteiger partial charge in [0.05, 0.1) is 16.4 Å². The number of nitrogens with zero attached hydrogens (tertiary/aromatic N) is 5. The molecular weight excluding hydrogens is 346 g/mol. The molecule has 1 heterocycles. The van der Waals surface area contributed by atoms with Crippen molar-refractivity contribution in [2.75, 3.05) is 5.75 Å². The van der Waals surface area contributed by atoms with Gasteiger partial charge < -0.3 is 5.11 Å². The van der Waals surface area contributed by atoms with Crippen LogP contribution in [0.5, 0.6) is 5.75 Å². The van der Waals surface area contributed by atoms with Crippen LogP contribution in [-0.4, -0.2) is 41.8 Å². The lowest BCUT2D eigenvalue weighted by Crippen LogP contribution is -2.05. The van der Waals surface area contributed by atoms with Crippen molar-refractivity contribution in [3.63, 3.8) is 0 Å². The molecule has 0 atom stereocenters. The van der Waals surface area contributed by atoms with Crippen molar-refractivity contribution in [2.24, 2.45) is 0 Å². The second-order valence-electron chi connectivity index (χ2n) is 4.91. The summed E-state index contributed by atoms with van der Waals surface area (Å²) in [4.78, 5) is 22.5. The van der Waals surface area contributed by atoms with Gasteiger partial charge >= 0.3 is 0 Å². The van der Waals surface area contributed by atoms with Gasteiger partial charge in [0.15, 0.2) is 5.78 Å². The predicted octanol–water partition coefficient (Wildman–Crippen LogP) is 2.25. The molecule has 0 unspecified atom stereocenters. The Bertz CT molecular complexity index is 926. The number of rotatable bonds is 6. The number of hydrogen-bond donors (Lipinski definition) is 1. The second-order valence-corrected chi connectivity index (χ2v) is 5.85. The summed E-state index contributed by atoms with van der Waals surface area (Å²) in [6.45, 7) is 0. The Labute approximate surface area is 145 Å². The summed E-state index contributed by atoms with van der Waals surface area (Å²) in [5.41, 5.74) is 0.753. The molecule has 0 saturated heterocycles. The van der Waals surface area contributed by atoms with Gasteiger partial charge in [-0.1, -0.05) is 23.9 Å². The van der Waals surface area contributed by atoms with Gasteiger partial charge in [0, 0.05) is 17.7 Å². The third kappa shape index (κ3) is 3.80. The number of Topliss-reactive ketones (excluding diaryl/α,β-unsaturated/α-hetero) is 1. The highest BCUT2D eigenvalue weighted by molar-refractivity contribution is 7.99. The number of nitro groups is 1. The minimum absolute atomic E-state index is 0.0274. The van der Waals surface area contributed by atoms with Crippen LogP contribution in [0.15, 0.2) is 53.7 Å². The summed E-state index contributed by atoms with van der Waals surface area (Å²) in [6.07, 6.45) is 0. The third-order valence-electron chi connectivity index (χ3n) is 3.25. The first-order valence-electron chi connectivity index (χ1n) is 7.03. The maximum Gasteiger partial charge on any atom is 0.270 e. The van der Waals surface area contributed by atoms with Crippen LogP contribution in [0.1, 0.15) is 10.4 Å². The maximum absolute atomic E-state index is 12.3. The van der Waals surface area contributed by atoms with Gasteiger partial charge in [-0.25, -0.2) is 0 Å². The quantitative estimate of drug-likeness (QED) is 0.308. The predicted molar refractivity (Wildman–Crippen MR) is 89.0 cm³/mol. The molecule has 2 aromatic carbocycles. The number of ketones is 1. The van der Waals surface area contributed by atoms with Gasteiger partial charge in [-0.15, -0.1) is 5.10 Å². The molecule has 10 heteroatoms. The number of aromatic hydroxyl groups is 1. The lowest BCUT2D eigenvalue weighted by molar-refractivity contribution is -0.384. The van der Waals surface area contributed by atoms with Crippen molar-refractivity contribution in [3.05, 3.63) is 64.2 Å². The van der Waals surface area contributed by atoms with Crippen molar-refractivity contribution in [1.29, 1.82) is 0 Å². The Kier molecular flexibility index (Phi) is 4.70. The summed E-state index contributed by atoms with van der Waals surface area (Å²) in [7, 11) is 0. The van der Waals surface area contributed by atoms with E-state index in [1.165, 1.54) is 41.1 Å². The lowest BCUT2D eigenvalue weighted by Gasteiger charge is -2.04. The molecule has 1 aromatic heterocycles. The number of non-ortho nitro benzene ring substituents is 1. The molecule has 9 nitrogen and oxygen atoms in total. The monoisotopic (exact) mass is 357 g/mol. The standard InChI is InChI=1S/C15H11N5O4S/c21-13-6-4-11(5-7-13)19-15(16-17-18-19)25-9-14(22)10-2-1-3-12(8-10)20(23)24/h1-8,21H,9H2. The summed E-state index contributed by atoms with van der Waals surface area (Å²) < 4.78 is 1.44. The number of hydrogen-bond acceptors (Lipinski definition) is 8. The molecule has 0 aliphatic rings. The van der Waals surface area contributed by atoms with Crippen LogP contribution in [0.25, 0.3) is 5.69 Å². The summed E-state index contributed by atoms with van der Waals surface area (Å²) in [5.74, 6) is -0.125. The molecule has 0 amide bonds.